The molecule has 16 heavy (non-hydrogen) atoms. The van der Waals surface area contributed by atoms with Gasteiger partial charge >= 0.3 is 0 Å². The SMILES string of the molecule is CC(NC(=O)C1CCCCC1)c1ncn[nH]1. The Bertz CT molecular complexity index is 330. The molecule has 1 aromatic rings. The number of carbonyl (C=O) groups is 1. The van der Waals surface area contributed by atoms with Crippen molar-refractivity contribution >= 4 is 5.91 Å². The van der Waals surface area contributed by atoms with Crippen LogP contribution in [0.4, 0.5) is 0 Å². The Hall–Kier alpha value is -1.39. The molecule has 1 aliphatic rings. The maximum Gasteiger partial charge on any atom is 0.223 e. The summed E-state index contributed by atoms with van der Waals surface area (Å²) < 4.78 is 0. The third-order valence-corrected chi connectivity index (χ3v) is 3.18. The summed E-state index contributed by atoms with van der Waals surface area (Å²) in [4.78, 5) is 16.0. The molecule has 1 fully saturated rings. The van der Waals surface area contributed by atoms with Crippen LogP contribution < -0.4 is 5.32 Å². The van der Waals surface area contributed by atoms with Gasteiger partial charge in [0.25, 0.3) is 0 Å². The molecule has 1 heterocycles. The summed E-state index contributed by atoms with van der Waals surface area (Å²) in [5, 5.41) is 9.52. The lowest BCUT2D eigenvalue weighted by atomic mass is 9.88. The molecule has 1 unspecified atom stereocenters. The van der Waals surface area contributed by atoms with E-state index in [9.17, 15) is 4.79 Å². The largest absolute Gasteiger partial charge is 0.346 e. The normalized spacial score (nSPS) is 19.3. The first-order chi connectivity index (χ1) is 7.77. The number of nitrogens with zero attached hydrogens (tertiary/aromatic N) is 2. The molecule has 1 saturated carbocycles. The van der Waals surface area contributed by atoms with Crippen LogP contribution >= 0.6 is 0 Å². The highest BCUT2D eigenvalue weighted by molar-refractivity contribution is 5.79. The summed E-state index contributed by atoms with van der Waals surface area (Å²) in [6, 6.07) is -0.0862. The highest BCUT2D eigenvalue weighted by Gasteiger charge is 2.23. The fraction of sp³-hybridized carbons (Fsp3) is 0.727. The van der Waals surface area contributed by atoms with Gasteiger partial charge in [-0.3, -0.25) is 9.89 Å². The van der Waals surface area contributed by atoms with Gasteiger partial charge < -0.3 is 5.32 Å². The molecule has 0 aromatic carbocycles. The summed E-state index contributed by atoms with van der Waals surface area (Å²) in [7, 11) is 0. The molecule has 0 bridgehead atoms. The second-order valence-corrected chi connectivity index (χ2v) is 4.44. The standard InChI is InChI=1S/C11H18N4O/c1-8(10-12-7-13-15-10)14-11(16)9-5-3-2-4-6-9/h7-9H,2-6H2,1H3,(H,14,16)(H,12,13,15). The lowest BCUT2D eigenvalue weighted by Gasteiger charge is -2.22. The molecule has 1 amide bonds. The Labute approximate surface area is 95.0 Å². The second-order valence-electron chi connectivity index (χ2n) is 4.44. The third-order valence-electron chi connectivity index (χ3n) is 3.18. The number of aromatic amines is 1. The molecular weight excluding hydrogens is 204 g/mol. The average molecular weight is 222 g/mol. The van der Waals surface area contributed by atoms with Crippen LogP contribution in [0.1, 0.15) is 50.9 Å². The number of nitrogens with one attached hydrogen (secondary N) is 2. The Morgan fingerprint density at radius 2 is 2.25 bits per heavy atom. The van der Waals surface area contributed by atoms with Crippen LogP contribution in [0.3, 0.4) is 0 Å². The fourth-order valence-electron chi connectivity index (χ4n) is 2.19. The Balaban J connectivity index is 1.86. The number of amides is 1. The van der Waals surface area contributed by atoms with Crippen LogP contribution in [0.25, 0.3) is 0 Å². The lowest BCUT2D eigenvalue weighted by Crippen LogP contribution is -2.34. The van der Waals surface area contributed by atoms with E-state index in [1.54, 1.807) is 0 Å². The van der Waals surface area contributed by atoms with Crippen LogP contribution in [0.15, 0.2) is 6.33 Å². The number of hydrogen-bond acceptors (Lipinski definition) is 3. The predicted molar refractivity (Wildman–Crippen MR) is 59.5 cm³/mol. The molecule has 1 aromatic heterocycles. The minimum atomic E-state index is -0.0862. The van der Waals surface area contributed by atoms with Crippen molar-refractivity contribution in [3.8, 4) is 0 Å². The predicted octanol–water partition coefficient (Wildman–Crippen LogP) is 1.56. The zero-order valence-electron chi connectivity index (χ0n) is 9.57. The van der Waals surface area contributed by atoms with Crippen molar-refractivity contribution < 1.29 is 4.79 Å². The molecule has 0 aliphatic heterocycles. The number of carbonyl (C=O) groups excluding carboxylic acids is 1. The number of rotatable bonds is 3. The second kappa shape index (κ2) is 5.09. The quantitative estimate of drug-likeness (QED) is 0.815. The van der Waals surface area contributed by atoms with Crippen molar-refractivity contribution in [3.63, 3.8) is 0 Å². The summed E-state index contributed by atoms with van der Waals surface area (Å²) in [6.07, 6.45) is 7.12. The Morgan fingerprint density at radius 1 is 1.50 bits per heavy atom. The molecule has 5 heteroatoms. The summed E-state index contributed by atoms with van der Waals surface area (Å²) in [5.74, 6) is 1.06. The molecule has 0 radical (unpaired) electrons. The average Bonchev–Trinajstić information content (AvgIpc) is 2.83. The highest BCUT2D eigenvalue weighted by atomic mass is 16.1. The van der Waals surface area contributed by atoms with Gasteiger partial charge in [-0.2, -0.15) is 5.10 Å². The molecule has 1 atom stereocenters. The van der Waals surface area contributed by atoms with Crippen molar-refractivity contribution in [2.75, 3.05) is 0 Å². The molecule has 0 spiro atoms. The summed E-state index contributed by atoms with van der Waals surface area (Å²) >= 11 is 0. The van der Waals surface area contributed by atoms with E-state index >= 15 is 0 Å². The van der Waals surface area contributed by atoms with Gasteiger partial charge in [-0.05, 0) is 19.8 Å². The maximum atomic E-state index is 11.9. The summed E-state index contributed by atoms with van der Waals surface area (Å²) in [6.45, 7) is 1.92. The number of hydrogen-bond donors (Lipinski definition) is 2. The van der Waals surface area contributed by atoms with Crippen LogP contribution in [0.2, 0.25) is 0 Å². The van der Waals surface area contributed by atoms with E-state index in [0.29, 0.717) is 5.82 Å². The van der Waals surface area contributed by atoms with Crippen LogP contribution in [0, 0.1) is 5.92 Å². The van der Waals surface area contributed by atoms with Crippen molar-refractivity contribution in [2.45, 2.75) is 45.1 Å². The van der Waals surface area contributed by atoms with Gasteiger partial charge in [0.15, 0.2) is 0 Å². The van der Waals surface area contributed by atoms with Crippen LogP contribution in [0.5, 0.6) is 0 Å². The van der Waals surface area contributed by atoms with Crippen molar-refractivity contribution in [3.05, 3.63) is 12.2 Å². The zero-order valence-corrected chi connectivity index (χ0v) is 9.57. The van der Waals surface area contributed by atoms with E-state index in [-0.39, 0.29) is 17.9 Å². The topological polar surface area (TPSA) is 70.7 Å². The molecule has 2 rings (SSSR count). The van der Waals surface area contributed by atoms with Gasteiger partial charge in [-0.25, -0.2) is 4.98 Å². The van der Waals surface area contributed by atoms with E-state index in [0.717, 1.165) is 12.8 Å². The highest BCUT2D eigenvalue weighted by Crippen LogP contribution is 2.24. The Kier molecular flexibility index (Phi) is 3.54. The van der Waals surface area contributed by atoms with E-state index in [1.807, 2.05) is 6.92 Å². The number of aromatic nitrogens is 3. The molecule has 2 N–H and O–H groups in total. The van der Waals surface area contributed by atoms with Gasteiger partial charge in [0.1, 0.15) is 12.2 Å². The van der Waals surface area contributed by atoms with Crippen molar-refractivity contribution in [1.82, 2.24) is 20.5 Å². The fourth-order valence-corrected chi connectivity index (χ4v) is 2.19. The van der Waals surface area contributed by atoms with E-state index in [4.69, 9.17) is 0 Å². The van der Waals surface area contributed by atoms with E-state index in [1.165, 1.54) is 25.6 Å². The van der Waals surface area contributed by atoms with Crippen LogP contribution in [-0.4, -0.2) is 21.1 Å². The first-order valence-corrected chi connectivity index (χ1v) is 5.93. The van der Waals surface area contributed by atoms with E-state index in [2.05, 4.69) is 20.5 Å². The molecular formula is C11H18N4O. The van der Waals surface area contributed by atoms with Gasteiger partial charge in [0, 0.05) is 5.92 Å². The maximum absolute atomic E-state index is 11.9. The van der Waals surface area contributed by atoms with Crippen molar-refractivity contribution in [1.29, 1.82) is 0 Å². The van der Waals surface area contributed by atoms with E-state index < -0.39 is 0 Å². The summed E-state index contributed by atoms with van der Waals surface area (Å²) in [5.41, 5.74) is 0. The zero-order chi connectivity index (χ0) is 11.4. The smallest absolute Gasteiger partial charge is 0.223 e. The Morgan fingerprint density at radius 3 is 2.88 bits per heavy atom. The molecule has 0 saturated heterocycles. The van der Waals surface area contributed by atoms with Gasteiger partial charge in [0.05, 0.1) is 6.04 Å². The monoisotopic (exact) mass is 222 g/mol. The molecule has 5 nitrogen and oxygen atoms in total. The first kappa shape index (κ1) is 11.1. The number of H-pyrrole nitrogens is 1. The van der Waals surface area contributed by atoms with Crippen LogP contribution in [-0.2, 0) is 4.79 Å². The van der Waals surface area contributed by atoms with Gasteiger partial charge in [0.2, 0.25) is 5.91 Å². The minimum Gasteiger partial charge on any atom is -0.346 e. The van der Waals surface area contributed by atoms with Crippen molar-refractivity contribution in [2.24, 2.45) is 5.92 Å². The third kappa shape index (κ3) is 2.59. The van der Waals surface area contributed by atoms with Gasteiger partial charge in [-0.1, -0.05) is 19.3 Å². The van der Waals surface area contributed by atoms with Gasteiger partial charge in [-0.15, -0.1) is 0 Å². The minimum absolute atomic E-state index is 0.0862. The molecule has 88 valence electrons. The molecule has 1 aliphatic carbocycles. The first-order valence-electron chi connectivity index (χ1n) is 5.93. The lowest BCUT2D eigenvalue weighted by molar-refractivity contribution is -0.126.